The van der Waals surface area contributed by atoms with Gasteiger partial charge in [0.1, 0.15) is 5.82 Å². The molecule has 1 aromatic heterocycles. The Bertz CT molecular complexity index is 679. The molecule has 1 aromatic carbocycles. The lowest BCUT2D eigenvalue weighted by Gasteiger charge is -2.17. The van der Waals surface area contributed by atoms with Crippen LogP contribution in [-0.2, 0) is 0 Å². The van der Waals surface area contributed by atoms with E-state index in [0.717, 1.165) is 36.6 Å². The van der Waals surface area contributed by atoms with Gasteiger partial charge in [-0.05, 0) is 47.9 Å². The first-order chi connectivity index (χ1) is 9.63. The van der Waals surface area contributed by atoms with Gasteiger partial charge in [0.05, 0.1) is 20.6 Å². The van der Waals surface area contributed by atoms with Crippen LogP contribution in [0.5, 0.6) is 0 Å². The molecule has 1 aliphatic carbocycles. The Hall–Kier alpha value is -0.890. The molecular formula is C14H16FIN4. The fourth-order valence-corrected chi connectivity index (χ4v) is 3.69. The summed E-state index contributed by atoms with van der Waals surface area (Å²) in [6.45, 7) is 2.12. The SMILES string of the molecule is Nc1nc2cc(I)c(F)cc2n1C1CCN(C2CC2)C1. The van der Waals surface area contributed by atoms with Gasteiger partial charge in [0.15, 0.2) is 0 Å². The Morgan fingerprint density at radius 3 is 2.80 bits per heavy atom. The van der Waals surface area contributed by atoms with Crippen LogP contribution in [0.25, 0.3) is 11.0 Å². The van der Waals surface area contributed by atoms with E-state index in [0.29, 0.717) is 15.6 Å². The van der Waals surface area contributed by atoms with E-state index in [1.165, 1.54) is 12.8 Å². The van der Waals surface area contributed by atoms with Gasteiger partial charge in [0, 0.05) is 25.2 Å². The maximum Gasteiger partial charge on any atom is 0.201 e. The second kappa shape index (κ2) is 4.56. The zero-order valence-electron chi connectivity index (χ0n) is 11.0. The predicted octanol–water partition coefficient (Wildman–Crippen LogP) is 2.77. The molecule has 2 heterocycles. The summed E-state index contributed by atoms with van der Waals surface area (Å²) in [5.74, 6) is 0.306. The third kappa shape index (κ3) is 2.00. The van der Waals surface area contributed by atoms with E-state index in [1.54, 1.807) is 12.1 Å². The van der Waals surface area contributed by atoms with E-state index in [-0.39, 0.29) is 5.82 Å². The van der Waals surface area contributed by atoms with Gasteiger partial charge in [0.2, 0.25) is 5.95 Å². The molecule has 2 aliphatic rings. The summed E-state index contributed by atoms with van der Waals surface area (Å²) in [4.78, 5) is 6.92. The van der Waals surface area contributed by atoms with Crippen molar-refractivity contribution < 1.29 is 4.39 Å². The molecule has 1 saturated carbocycles. The molecular weight excluding hydrogens is 370 g/mol. The Morgan fingerprint density at radius 2 is 2.05 bits per heavy atom. The van der Waals surface area contributed by atoms with Crippen LogP contribution in [-0.4, -0.2) is 33.6 Å². The molecule has 1 atom stereocenters. The molecule has 6 heteroatoms. The minimum atomic E-state index is -0.198. The second-order valence-corrected chi connectivity index (χ2v) is 6.93. The Labute approximate surface area is 130 Å². The number of hydrogen-bond acceptors (Lipinski definition) is 3. The molecule has 106 valence electrons. The molecule has 4 nitrogen and oxygen atoms in total. The van der Waals surface area contributed by atoms with Crippen molar-refractivity contribution in [3.8, 4) is 0 Å². The monoisotopic (exact) mass is 386 g/mol. The first kappa shape index (κ1) is 12.8. The third-order valence-corrected chi connectivity index (χ3v) is 5.21. The van der Waals surface area contributed by atoms with Gasteiger partial charge in [0.25, 0.3) is 0 Å². The third-order valence-electron chi connectivity index (χ3n) is 4.38. The van der Waals surface area contributed by atoms with Gasteiger partial charge < -0.3 is 10.3 Å². The van der Waals surface area contributed by atoms with Crippen molar-refractivity contribution >= 4 is 39.6 Å². The standard InChI is InChI=1S/C14H16FIN4/c15-10-5-13-12(6-11(10)16)18-14(17)20(13)9-3-4-19(7-9)8-1-2-8/h5-6,8-9H,1-4,7H2,(H2,17,18). The summed E-state index contributed by atoms with van der Waals surface area (Å²) in [6.07, 6.45) is 3.71. The lowest BCUT2D eigenvalue weighted by molar-refractivity contribution is 0.315. The van der Waals surface area contributed by atoms with Crippen molar-refractivity contribution in [3.63, 3.8) is 0 Å². The van der Waals surface area contributed by atoms with Crippen LogP contribution in [0, 0.1) is 9.39 Å². The van der Waals surface area contributed by atoms with Crippen molar-refractivity contribution in [1.82, 2.24) is 14.5 Å². The van der Waals surface area contributed by atoms with E-state index in [4.69, 9.17) is 5.73 Å². The molecule has 0 bridgehead atoms. The Balaban J connectivity index is 1.75. The zero-order chi connectivity index (χ0) is 13.9. The van der Waals surface area contributed by atoms with Gasteiger partial charge in [-0.15, -0.1) is 0 Å². The molecule has 1 saturated heterocycles. The van der Waals surface area contributed by atoms with Crippen LogP contribution in [0.4, 0.5) is 10.3 Å². The molecule has 0 amide bonds. The Kier molecular flexibility index (Phi) is 2.92. The zero-order valence-corrected chi connectivity index (χ0v) is 13.2. The number of nitrogen functional groups attached to an aromatic ring is 1. The molecule has 1 unspecified atom stereocenters. The normalized spacial score (nSPS) is 23.8. The largest absolute Gasteiger partial charge is 0.369 e. The number of imidazole rings is 1. The van der Waals surface area contributed by atoms with E-state index in [2.05, 4.69) is 9.88 Å². The molecule has 2 N–H and O–H groups in total. The molecule has 20 heavy (non-hydrogen) atoms. The number of halogens is 2. The predicted molar refractivity (Wildman–Crippen MR) is 85.1 cm³/mol. The number of anilines is 1. The fraction of sp³-hybridized carbons (Fsp3) is 0.500. The second-order valence-electron chi connectivity index (χ2n) is 5.76. The van der Waals surface area contributed by atoms with Crippen LogP contribution >= 0.6 is 22.6 Å². The van der Waals surface area contributed by atoms with Crippen LogP contribution in [0.2, 0.25) is 0 Å². The highest BCUT2D eigenvalue weighted by atomic mass is 127. The minimum Gasteiger partial charge on any atom is -0.369 e. The lowest BCUT2D eigenvalue weighted by atomic mass is 10.2. The van der Waals surface area contributed by atoms with E-state index in [9.17, 15) is 4.39 Å². The molecule has 0 radical (unpaired) electrons. The van der Waals surface area contributed by atoms with Gasteiger partial charge in [-0.1, -0.05) is 0 Å². The highest BCUT2D eigenvalue weighted by Gasteiger charge is 2.35. The first-order valence-corrected chi connectivity index (χ1v) is 8.08. The van der Waals surface area contributed by atoms with Crippen molar-refractivity contribution in [2.45, 2.75) is 31.3 Å². The van der Waals surface area contributed by atoms with Gasteiger partial charge in [-0.3, -0.25) is 4.90 Å². The summed E-state index contributed by atoms with van der Waals surface area (Å²) in [7, 11) is 0. The average molecular weight is 386 g/mol. The van der Waals surface area contributed by atoms with Gasteiger partial charge in [-0.2, -0.15) is 0 Å². The molecule has 2 fully saturated rings. The summed E-state index contributed by atoms with van der Waals surface area (Å²) < 4.78 is 16.5. The van der Waals surface area contributed by atoms with E-state index in [1.807, 2.05) is 27.2 Å². The van der Waals surface area contributed by atoms with Crippen molar-refractivity contribution in [1.29, 1.82) is 0 Å². The summed E-state index contributed by atoms with van der Waals surface area (Å²) >= 11 is 1.99. The number of aromatic nitrogens is 2. The number of hydrogen-bond donors (Lipinski definition) is 1. The maximum absolute atomic E-state index is 13.8. The lowest BCUT2D eigenvalue weighted by Crippen LogP contribution is -2.24. The number of nitrogens with zero attached hydrogens (tertiary/aromatic N) is 3. The fourth-order valence-electron chi connectivity index (χ4n) is 3.24. The number of nitrogens with two attached hydrogens (primary N) is 1. The van der Waals surface area contributed by atoms with Gasteiger partial charge >= 0.3 is 0 Å². The highest BCUT2D eigenvalue weighted by Crippen LogP contribution is 2.36. The van der Waals surface area contributed by atoms with Crippen molar-refractivity contribution in [3.05, 3.63) is 21.5 Å². The highest BCUT2D eigenvalue weighted by molar-refractivity contribution is 14.1. The molecule has 4 rings (SSSR count). The van der Waals surface area contributed by atoms with Gasteiger partial charge in [-0.25, -0.2) is 9.37 Å². The topological polar surface area (TPSA) is 47.1 Å². The Morgan fingerprint density at radius 1 is 1.25 bits per heavy atom. The quantitative estimate of drug-likeness (QED) is 0.808. The maximum atomic E-state index is 13.8. The number of benzene rings is 1. The molecule has 2 aromatic rings. The number of likely N-dealkylation sites (tertiary alicyclic amines) is 1. The van der Waals surface area contributed by atoms with Crippen LogP contribution in [0.15, 0.2) is 12.1 Å². The summed E-state index contributed by atoms with van der Waals surface area (Å²) in [6, 6.07) is 4.43. The first-order valence-electron chi connectivity index (χ1n) is 7.00. The van der Waals surface area contributed by atoms with E-state index < -0.39 is 0 Å². The van der Waals surface area contributed by atoms with Crippen LogP contribution < -0.4 is 5.73 Å². The van der Waals surface area contributed by atoms with Crippen molar-refractivity contribution in [2.75, 3.05) is 18.8 Å². The summed E-state index contributed by atoms with van der Waals surface area (Å²) in [5.41, 5.74) is 7.69. The summed E-state index contributed by atoms with van der Waals surface area (Å²) in [5, 5.41) is 0. The van der Waals surface area contributed by atoms with Crippen LogP contribution in [0.1, 0.15) is 25.3 Å². The average Bonchev–Trinajstić information content (AvgIpc) is 3.06. The number of fused-ring (bicyclic) bond motifs is 1. The minimum absolute atomic E-state index is 0.198. The van der Waals surface area contributed by atoms with E-state index >= 15 is 0 Å². The molecule has 1 aliphatic heterocycles. The smallest absolute Gasteiger partial charge is 0.201 e. The number of rotatable bonds is 2. The molecule has 0 spiro atoms. The van der Waals surface area contributed by atoms with Crippen LogP contribution in [0.3, 0.4) is 0 Å². The van der Waals surface area contributed by atoms with Crippen molar-refractivity contribution in [2.24, 2.45) is 0 Å².